The van der Waals surface area contributed by atoms with Crippen LogP contribution in [0.3, 0.4) is 0 Å². The van der Waals surface area contributed by atoms with Crippen molar-refractivity contribution < 1.29 is 5.03 Å². The number of rotatable bonds is 5. The third kappa shape index (κ3) is 6.87. The molecule has 5 heteroatoms. The summed E-state index contributed by atoms with van der Waals surface area (Å²) in [5.74, 6) is 0. The highest BCUT2D eigenvalue weighted by atomic mass is 16.7. The predicted molar refractivity (Wildman–Crippen MR) is 38.1 cm³/mol. The van der Waals surface area contributed by atoms with E-state index in [2.05, 4.69) is 12.0 Å². The standard InChI is InChI=1S/C5H11N3O2/c1-2-3-4-5-6-7-8(9)10/h5,7H,2-4H2,1H3. The second kappa shape index (κ2) is 6.00. The quantitative estimate of drug-likeness (QED) is 0.271. The Labute approximate surface area is 59.2 Å². The Balaban J connectivity index is 3.12. The molecule has 0 amide bonds. The Bertz CT molecular complexity index is 124. The number of nitrogens with one attached hydrogen (secondary N) is 1. The number of hydrogen-bond acceptors (Lipinski definition) is 3. The van der Waals surface area contributed by atoms with Crippen molar-refractivity contribution in [3.63, 3.8) is 0 Å². The summed E-state index contributed by atoms with van der Waals surface area (Å²) in [6.07, 6.45) is 4.39. The van der Waals surface area contributed by atoms with Gasteiger partial charge in [-0.25, -0.2) is 0 Å². The van der Waals surface area contributed by atoms with Gasteiger partial charge in [-0.1, -0.05) is 13.3 Å². The smallest absolute Gasteiger partial charge is 0.142 e. The zero-order valence-corrected chi connectivity index (χ0v) is 5.91. The van der Waals surface area contributed by atoms with Gasteiger partial charge in [0.25, 0.3) is 0 Å². The maximum atomic E-state index is 9.61. The van der Waals surface area contributed by atoms with Gasteiger partial charge in [0.15, 0.2) is 0 Å². The largest absolute Gasteiger partial charge is 0.339 e. The average molecular weight is 145 g/mol. The molecule has 0 saturated carbocycles. The minimum atomic E-state index is -0.692. The lowest BCUT2D eigenvalue weighted by Crippen LogP contribution is -2.13. The van der Waals surface area contributed by atoms with Gasteiger partial charge in [-0.05, 0) is 12.0 Å². The second-order valence-corrected chi connectivity index (χ2v) is 1.81. The summed E-state index contributed by atoms with van der Waals surface area (Å²) in [6, 6.07) is 0. The lowest BCUT2D eigenvalue weighted by Gasteiger charge is -1.86. The van der Waals surface area contributed by atoms with E-state index in [1.807, 2.05) is 0 Å². The molecule has 0 fully saturated rings. The Kier molecular flexibility index (Phi) is 5.32. The first-order valence-corrected chi connectivity index (χ1v) is 3.19. The van der Waals surface area contributed by atoms with Crippen molar-refractivity contribution >= 4 is 6.21 Å². The first-order valence-electron chi connectivity index (χ1n) is 3.19. The summed E-state index contributed by atoms with van der Waals surface area (Å²) in [6.45, 7) is 2.05. The highest BCUT2D eigenvalue weighted by Gasteiger charge is 1.85. The average Bonchev–Trinajstić information content (AvgIpc) is 1.87. The van der Waals surface area contributed by atoms with E-state index in [0.717, 1.165) is 19.3 Å². The number of nitrogens with zero attached hydrogens (tertiary/aromatic N) is 2. The van der Waals surface area contributed by atoms with Crippen LogP contribution in [0.25, 0.3) is 0 Å². The lowest BCUT2D eigenvalue weighted by molar-refractivity contribution is -0.544. The van der Waals surface area contributed by atoms with Crippen molar-refractivity contribution in [2.24, 2.45) is 5.10 Å². The van der Waals surface area contributed by atoms with Gasteiger partial charge in [0.1, 0.15) is 6.21 Å². The summed E-state index contributed by atoms with van der Waals surface area (Å²) in [5, 5.41) is 12.3. The molecule has 0 rings (SSSR count). The van der Waals surface area contributed by atoms with Crippen LogP contribution in [0.5, 0.6) is 0 Å². The molecule has 1 N–H and O–H groups in total. The molecule has 0 aromatic rings. The zero-order valence-electron chi connectivity index (χ0n) is 5.91. The first kappa shape index (κ1) is 8.87. The van der Waals surface area contributed by atoms with Gasteiger partial charge < -0.3 is 10.1 Å². The Hall–Kier alpha value is -1.13. The van der Waals surface area contributed by atoms with Crippen molar-refractivity contribution in [1.29, 1.82) is 0 Å². The summed E-state index contributed by atoms with van der Waals surface area (Å²) in [5.41, 5.74) is 1.70. The van der Waals surface area contributed by atoms with Gasteiger partial charge in [0.05, 0.1) is 5.03 Å². The third-order valence-electron chi connectivity index (χ3n) is 0.917. The van der Waals surface area contributed by atoms with Gasteiger partial charge >= 0.3 is 0 Å². The first-order chi connectivity index (χ1) is 4.77. The molecular weight excluding hydrogens is 134 g/mol. The minimum absolute atomic E-state index is 0.692. The van der Waals surface area contributed by atoms with Crippen LogP contribution < -0.4 is 5.53 Å². The molecule has 10 heavy (non-hydrogen) atoms. The molecule has 0 spiro atoms. The van der Waals surface area contributed by atoms with Crippen LogP contribution in [0.2, 0.25) is 0 Å². The van der Waals surface area contributed by atoms with Crippen molar-refractivity contribution in [2.45, 2.75) is 26.2 Å². The van der Waals surface area contributed by atoms with E-state index in [9.17, 15) is 10.1 Å². The molecule has 0 aromatic carbocycles. The highest BCUT2D eigenvalue weighted by Crippen LogP contribution is 1.88. The maximum absolute atomic E-state index is 9.61. The zero-order chi connectivity index (χ0) is 7.82. The Morgan fingerprint density at radius 3 is 3.00 bits per heavy atom. The molecule has 0 aromatic heterocycles. The Morgan fingerprint density at radius 2 is 2.50 bits per heavy atom. The second-order valence-electron chi connectivity index (χ2n) is 1.81. The van der Waals surface area contributed by atoms with Crippen molar-refractivity contribution in [3.05, 3.63) is 10.1 Å². The maximum Gasteiger partial charge on any atom is 0.142 e. The van der Waals surface area contributed by atoms with Gasteiger partial charge in [0.2, 0.25) is 0 Å². The number of hydrazone groups is 1. The van der Waals surface area contributed by atoms with E-state index in [0.29, 0.717) is 0 Å². The molecule has 0 bridgehead atoms. The van der Waals surface area contributed by atoms with E-state index < -0.39 is 5.03 Å². The normalized spacial score (nSPS) is 10.1. The number of unbranched alkanes of at least 4 members (excludes halogenated alkanes) is 2. The third-order valence-corrected chi connectivity index (χ3v) is 0.917. The summed E-state index contributed by atoms with van der Waals surface area (Å²) in [4.78, 5) is 9.61. The molecule has 0 heterocycles. The fourth-order valence-electron chi connectivity index (χ4n) is 0.448. The SMILES string of the molecule is CCCCC=NN[N+](=O)[O-]. The van der Waals surface area contributed by atoms with Gasteiger partial charge in [-0.2, -0.15) is 0 Å². The molecule has 58 valence electrons. The summed E-state index contributed by atoms with van der Waals surface area (Å²) < 4.78 is 0. The molecule has 0 saturated heterocycles. The van der Waals surface area contributed by atoms with E-state index >= 15 is 0 Å². The molecule has 0 aliphatic rings. The molecule has 5 nitrogen and oxygen atoms in total. The van der Waals surface area contributed by atoms with Crippen LogP contribution in [0.4, 0.5) is 0 Å². The monoisotopic (exact) mass is 145 g/mol. The van der Waals surface area contributed by atoms with Crippen LogP contribution in [0, 0.1) is 10.1 Å². The number of hydrogen-bond donors (Lipinski definition) is 1. The highest BCUT2D eigenvalue weighted by molar-refractivity contribution is 5.56. The van der Waals surface area contributed by atoms with E-state index in [1.165, 1.54) is 6.21 Å². The molecule has 0 radical (unpaired) electrons. The fraction of sp³-hybridized carbons (Fsp3) is 0.800. The van der Waals surface area contributed by atoms with Crippen LogP contribution in [0.15, 0.2) is 5.10 Å². The fourth-order valence-corrected chi connectivity index (χ4v) is 0.448. The van der Waals surface area contributed by atoms with E-state index in [-0.39, 0.29) is 0 Å². The predicted octanol–water partition coefficient (Wildman–Crippen LogP) is 0.944. The van der Waals surface area contributed by atoms with Crippen molar-refractivity contribution in [3.8, 4) is 0 Å². The molecule has 0 atom stereocenters. The van der Waals surface area contributed by atoms with Crippen molar-refractivity contribution in [2.75, 3.05) is 0 Å². The minimum Gasteiger partial charge on any atom is -0.339 e. The van der Waals surface area contributed by atoms with Crippen LogP contribution in [-0.4, -0.2) is 11.2 Å². The number of hydrazine groups is 1. The van der Waals surface area contributed by atoms with E-state index in [4.69, 9.17) is 0 Å². The topological polar surface area (TPSA) is 67.5 Å². The molecular formula is C5H11N3O2. The number of nitro groups is 1. The van der Waals surface area contributed by atoms with Gasteiger partial charge in [-0.3, -0.25) is 0 Å². The summed E-state index contributed by atoms with van der Waals surface area (Å²) in [7, 11) is 0. The molecule has 0 aliphatic heterocycles. The molecule has 0 aliphatic carbocycles. The van der Waals surface area contributed by atoms with E-state index in [1.54, 1.807) is 5.53 Å². The van der Waals surface area contributed by atoms with Gasteiger partial charge in [0, 0.05) is 11.5 Å². The van der Waals surface area contributed by atoms with Crippen LogP contribution >= 0.6 is 0 Å². The van der Waals surface area contributed by atoms with Crippen molar-refractivity contribution in [1.82, 2.24) is 5.53 Å². The Morgan fingerprint density at radius 1 is 1.80 bits per heavy atom. The summed E-state index contributed by atoms with van der Waals surface area (Å²) >= 11 is 0. The molecule has 0 unspecified atom stereocenters. The lowest BCUT2D eigenvalue weighted by atomic mass is 10.3. The van der Waals surface area contributed by atoms with Gasteiger partial charge in [-0.15, -0.1) is 0 Å². The van der Waals surface area contributed by atoms with Crippen LogP contribution in [-0.2, 0) is 0 Å². The van der Waals surface area contributed by atoms with Crippen LogP contribution in [0.1, 0.15) is 26.2 Å².